The Hall–Kier alpha value is -1.88. The topological polar surface area (TPSA) is 43.9 Å². The predicted molar refractivity (Wildman–Crippen MR) is 107 cm³/mol. The van der Waals surface area contributed by atoms with Gasteiger partial charge in [-0.25, -0.2) is 0 Å². The van der Waals surface area contributed by atoms with Crippen LogP contribution in [0.25, 0.3) is 0 Å². The molecule has 3 rings (SSSR count). The van der Waals surface area contributed by atoms with Gasteiger partial charge in [0.2, 0.25) is 11.8 Å². The zero-order valence-electron chi connectivity index (χ0n) is 17.1. The molecule has 5 heteroatoms. The molecular weight excluding hydrogens is 338 g/mol. The number of hydrogen-bond donors (Lipinski definition) is 0. The van der Waals surface area contributed by atoms with E-state index in [0.29, 0.717) is 25.6 Å². The highest BCUT2D eigenvalue weighted by Gasteiger charge is 2.58. The smallest absolute Gasteiger partial charge is 0.231 e. The van der Waals surface area contributed by atoms with Crippen molar-refractivity contribution in [1.82, 2.24) is 14.7 Å². The molecule has 148 valence electrons. The van der Waals surface area contributed by atoms with E-state index in [9.17, 15) is 9.59 Å². The van der Waals surface area contributed by atoms with Gasteiger partial charge in [0, 0.05) is 58.7 Å². The molecule has 2 heterocycles. The third-order valence-electron chi connectivity index (χ3n) is 6.25. The second-order valence-corrected chi connectivity index (χ2v) is 8.69. The highest BCUT2D eigenvalue weighted by Crippen LogP contribution is 2.44. The Kier molecular flexibility index (Phi) is 5.89. The lowest BCUT2D eigenvalue weighted by molar-refractivity contribution is -0.140. The lowest BCUT2D eigenvalue weighted by atomic mass is 9.79. The van der Waals surface area contributed by atoms with Crippen molar-refractivity contribution in [3.8, 4) is 0 Å². The predicted octanol–water partition coefficient (Wildman–Crippen LogP) is 2.27. The molecule has 0 bridgehead atoms. The van der Waals surface area contributed by atoms with Crippen LogP contribution in [0.5, 0.6) is 0 Å². The summed E-state index contributed by atoms with van der Waals surface area (Å²) in [4.78, 5) is 31.9. The number of hydrogen-bond acceptors (Lipinski definition) is 3. The fraction of sp³-hybridized carbons (Fsp3) is 0.636. The van der Waals surface area contributed by atoms with Crippen LogP contribution in [0.15, 0.2) is 30.3 Å². The Labute approximate surface area is 163 Å². The zero-order chi connectivity index (χ0) is 19.6. The monoisotopic (exact) mass is 371 g/mol. The molecule has 0 radical (unpaired) electrons. The van der Waals surface area contributed by atoms with E-state index in [-0.39, 0.29) is 17.7 Å². The molecule has 0 unspecified atom stereocenters. The van der Waals surface area contributed by atoms with Gasteiger partial charge in [0.05, 0.1) is 5.41 Å². The van der Waals surface area contributed by atoms with Crippen LogP contribution in [0, 0.1) is 11.3 Å². The van der Waals surface area contributed by atoms with E-state index >= 15 is 0 Å². The molecule has 27 heavy (non-hydrogen) atoms. The van der Waals surface area contributed by atoms with Crippen molar-refractivity contribution < 1.29 is 9.59 Å². The first kappa shape index (κ1) is 19.9. The highest BCUT2D eigenvalue weighted by atomic mass is 16.2. The van der Waals surface area contributed by atoms with E-state index in [1.165, 1.54) is 5.56 Å². The standard InChI is InChI=1S/C22H33N3O2/c1-17(2)24-13-19-14-25(16-22(19,15-24)21(27)23(3)4)20(26)12-8-11-18-9-6-5-7-10-18/h5-7,9-10,17,19H,8,11-16H2,1-4H3/t19-,22-/m0/s1. The van der Waals surface area contributed by atoms with Crippen molar-refractivity contribution in [2.45, 2.75) is 39.2 Å². The van der Waals surface area contributed by atoms with Crippen LogP contribution < -0.4 is 0 Å². The highest BCUT2D eigenvalue weighted by molar-refractivity contribution is 5.86. The number of aryl methyl sites for hydroxylation is 1. The Morgan fingerprint density at radius 3 is 2.48 bits per heavy atom. The van der Waals surface area contributed by atoms with Crippen molar-refractivity contribution in [2.24, 2.45) is 11.3 Å². The van der Waals surface area contributed by atoms with Gasteiger partial charge in [-0.15, -0.1) is 0 Å². The maximum atomic E-state index is 13.0. The van der Waals surface area contributed by atoms with Gasteiger partial charge >= 0.3 is 0 Å². The van der Waals surface area contributed by atoms with Gasteiger partial charge in [-0.1, -0.05) is 30.3 Å². The van der Waals surface area contributed by atoms with Crippen molar-refractivity contribution in [3.63, 3.8) is 0 Å². The molecule has 0 N–H and O–H groups in total. The van der Waals surface area contributed by atoms with Crippen LogP contribution in [0.1, 0.15) is 32.3 Å². The minimum absolute atomic E-state index is 0.176. The first-order valence-corrected chi connectivity index (χ1v) is 10.1. The quantitative estimate of drug-likeness (QED) is 0.770. The van der Waals surface area contributed by atoms with Crippen molar-refractivity contribution in [3.05, 3.63) is 35.9 Å². The van der Waals surface area contributed by atoms with Gasteiger partial charge in [-0.2, -0.15) is 0 Å². The summed E-state index contributed by atoms with van der Waals surface area (Å²) in [6.45, 7) is 7.32. The largest absolute Gasteiger partial charge is 0.348 e. The van der Waals surface area contributed by atoms with Crippen LogP contribution in [-0.2, 0) is 16.0 Å². The molecule has 0 aromatic heterocycles. The molecule has 5 nitrogen and oxygen atoms in total. The molecule has 2 aliphatic rings. The molecule has 2 atom stereocenters. The van der Waals surface area contributed by atoms with Crippen LogP contribution in [0.3, 0.4) is 0 Å². The van der Waals surface area contributed by atoms with E-state index in [4.69, 9.17) is 0 Å². The molecule has 2 amide bonds. The number of amides is 2. The third-order valence-corrected chi connectivity index (χ3v) is 6.25. The Balaban J connectivity index is 1.62. The van der Waals surface area contributed by atoms with Gasteiger partial charge in [0.15, 0.2) is 0 Å². The van der Waals surface area contributed by atoms with Crippen molar-refractivity contribution in [2.75, 3.05) is 40.3 Å². The normalized spacial score (nSPS) is 25.1. The summed E-state index contributed by atoms with van der Waals surface area (Å²) < 4.78 is 0. The Morgan fingerprint density at radius 1 is 1.15 bits per heavy atom. The summed E-state index contributed by atoms with van der Waals surface area (Å²) in [5, 5.41) is 0. The Bertz CT molecular complexity index is 673. The van der Waals surface area contributed by atoms with Crippen LogP contribution >= 0.6 is 0 Å². The number of benzene rings is 1. The number of fused-ring (bicyclic) bond motifs is 1. The number of nitrogens with zero attached hydrogens (tertiary/aromatic N) is 3. The number of likely N-dealkylation sites (tertiary alicyclic amines) is 2. The molecule has 0 aliphatic carbocycles. The van der Waals surface area contributed by atoms with E-state index in [2.05, 4.69) is 30.9 Å². The molecule has 0 spiro atoms. The summed E-state index contributed by atoms with van der Waals surface area (Å²) in [7, 11) is 3.66. The molecular formula is C22H33N3O2. The van der Waals surface area contributed by atoms with E-state index in [1.54, 1.807) is 4.90 Å². The summed E-state index contributed by atoms with van der Waals surface area (Å²) in [5.74, 6) is 0.616. The van der Waals surface area contributed by atoms with Gasteiger partial charge < -0.3 is 9.80 Å². The average Bonchev–Trinajstić information content (AvgIpc) is 3.17. The molecule has 0 saturated carbocycles. The SMILES string of the molecule is CC(C)N1C[C@H]2CN(C(=O)CCCc3ccccc3)C[C@@]2(C(=O)N(C)C)C1. The van der Waals surface area contributed by atoms with E-state index in [0.717, 1.165) is 25.9 Å². The van der Waals surface area contributed by atoms with Crippen LogP contribution in [0.2, 0.25) is 0 Å². The lowest BCUT2D eigenvalue weighted by Gasteiger charge is -2.31. The van der Waals surface area contributed by atoms with Crippen LogP contribution in [-0.4, -0.2) is 72.8 Å². The summed E-state index contributed by atoms with van der Waals surface area (Å²) in [5.41, 5.74) is 0.846. The van der Waals surface area contributed by atoms with Gasteiger partial charge in [0.1, 0.15) is 0 Å². The van der Waals surface area contributed by atoms with E-state index < -0.39 is 5.41 Å². The third kappa shape index (κ3) is 4.03. The summed E-state index contributed by atoms with van der Waals surface area (Å²) in [6.07, 6.45) is 2.34. The minimum atomic E-state index is -0.428. The molecule has 2 aliphatic heterocycles. The molecule has 1 aromatic rings. The zero-order valence-corrected chi connectivity index (χ0v) is 17.1. The first-order chi connectivity index (χ1) is 12.8. The minimum Gasteiger partial charge on any atom is -0.348 e. The molecule has 1 aromatic carbocycles. The second-order valence-electron chi connectivity index (χ2n) is 8.69. The second kappa shape index (κ2) is 8.01. The van der Waals surface area contributed by atoms with Gasteiger partial charge in [-0.05, 0) is 32.3 Å². The maximum absolute atomic E-state index is 13.0. The average molecular weight is 372 g/mol. The molecule has 2 saturated heterocycles. The van der Waals surface area contributed by atoms with Crippen molar-refractivity contribution in [1.29, 1.82) is 0 Å². The molecule has 2 fully saturated rings. The van der Waals surface area contributed by atoms with Crippen LogP contribution in [0.4, 0.5) is 0 Å². The first-order valence-electron chi connectivity index (χ1n) is 10.1. The Morgan fingerprint density at radius 2 is 1.85 bits per heavy atom. The maximum Gasteiger partial charge on any atom is 0.231 e. The fourth-order valence-corrected chi connectivity index (χ4v) is 4.68. The summed E-state index contributed by atoms with van der Waals surface area (Å²) >= 11 is 0. The number of carbonyl (C=O) groups is 2. The van der Waals surface area contributed by atoms with E-state index in [1.807, 2.05) is 37.2 Å². The van der Waals surface area contributed by atoms with Gasteiger partial charge in [-0.3, -0.25) is 14.5 Å². The van der Waals surface area contributed by atoms with Gasteiger partial charge in [0.25, 0.3) is 0 Å². The summed E-state index contributed by atoms with van der Waals surface area (Å²) in [6, 6.07) is 10.7. The fourth-order valence-electron chi connectivity index (χ4n) is 4.68. The van der Waals surface area contributed by atoms with Crippen molar-refractivity contribution >= 4 is 11.8 Å². The lowest BCUT2D eigenvalue weighted by Crippen LogP contribution is -2.48. The number of carbonyl (C=O) groups excluding carboxylic acids is 2. The number of rotatable bonds is 6.